The second kappa shape index (κ2) is 14.1. The van der Waals surface area contributed by atoms with Crippen LogP contribution in [0.15, 0.2) is 47.7 Å². The molecule has 2 N–H and O–H groups in total. The van der Waals surface area contributed by atoms with Crippen molar-refractivity contribution in [2.75, 3.05) is 50.7 Å². The van der Waals surface area contributed by atoms with Crippen LogP contribution in [0.3, 0.4) is 0 Å². The van der Waals surface area contributed by atoms with E-state index in [4.69, 9.17) is 11.6 Å². The van der Waals surface area contributed by atoms with E-state index in [1.54, 1.807) is 18.5 Å². The van der Waals surface area contributed by atoms with Gasteiger partial charge in [0.1, 0.15) is 0 Å². The highest BCUT2D eigenvalue weighted by molar-refractivity contribution is 14.0. The largest absolute Gasteiger partial charge is 0.357 e. The smallest absolute Gasteiger partial charge is 0.225 e. The summed E-state index contributed by atoms with van der Waals surface area (Å²) in [5.74, 6) is 1.59. The van der Waals surface area contributed by atoms with Gasteiger partial charge in [0, 0.05) is 63.1 Å². The molecular formula is C22H31ClIN7O. The molecule has 1 aliphatic heterocycles. The first kappa shape index (κ1) is 26.1. The number of anilines is 1. The number of hydrogen-bond donors (Lipinski definition) is 2. The van der Waals surface area contributed by atoms with Crippen LogP contribution in [0.1, 0.15) is 18.9 Å². The zero-order chi connectivity index (χ0) is 21.9. The summed E-state index contributed by atoms with van der Waals surface area (Å²) in [6, 6.07) is 9.65. The first-order chi connectivity index (χ1) is 15.2. The number of benzene rings is 1. The molecule has 1 aromatic carbocycles. The lowest BCUT2D eigenvalue weighted by molar-refractivity contribution is -0.131. The third-order valence-electron chi connectivity index (χ3n) is 5.03. The number of nitrogens with zero attached hydrogens (tertiary/aromatic N) is 5. The Morgan fingerprint density at radius 2 is 1.78 bits per heavy atom. The molecule has 0 bridgehead atoms. The summed E-state index contributed by atoms with van der Waals surface area (Å²) in [7, 11) is 0. The van der Waals surface area contributed by atoms with Gasteiger partial charge in [-0.3, -0.25) is 9.79 Å². The van der Waals surface area contributed by atoms with Crippen LogP contribution in [0, 0.1) is 0 Å². The van der Waals surface area contributed by atoms with Gasteiger partial charge in [-0.2, -0.15) is 0 Å². The molecule has 32 heavy (non-hydrogen) atoms. The SMILES string of the molecule is CCNC(=NCCC(=O)N1CCN(c2ncccn2)CC1)NCCc1ccc(Cl)cc1.I. The zero-order valence-electron chi connectivity index (χ0n) is 18.3. The molecule has 10 heteroatoms. The number of rotatable bonds is 8. The van der Waals surface area contributed by atoms with E-state index in [1.807, 2.05) is 36.1 Å². The molecule has 0 unspecified atom stereocenters. The van der Waals surface area contributed by atoms with Crippen molar-refractivity contribution in [2.45, 2.75) is 19.8 Å². The van der Waals surface area contributed by atoms with Crippen molar-refractivity contribution < 1.29 is 4.79 Å². The van der Waals surface area contributed by atoms with Gasteiger partial charge in [0.05, 0.1) is 6.54 Å². The van der Waals surface area contributed by atoms with Crippen LogP contribution >= 0.6 is 35.6 Å². The van der Waals surface area contributed by atoms with Gasteiger partial charge in [-0.15, -0.1) is 24.0 Å². The molecule has 174 valence electrons. The van der Waals surface area contributed by atoms with Gasteiger partial charge in [0.2, 0.25) is 11.9 Å². The predicted octanol–water partition coefficient (Wildman–Crippen LogP) is 2.58. The first-order valence-electron chi connectivity index (χ1n) is 10.7. The maximum absolute atomic E-state index is 12.6. The minimum Gasteiger partial charge on any atom is -0.357 e. The van der Waals surface area contributed by atoms with Gasteiger partial charge >= 0.3 is 0 Å². The molecule has 0 atom stereocenters. The van der Waals surface area contributed by atoms with Crippen LogP contribution in [-0.2, 0) is 11.2 Å². The quantitative estimate of drug-likeness (QED) is 0.288. The number of guanidine groups is 1. The molecule has 1 saturated heterocycles. The molecule has 0 aliphatic carbocycles. The van der Waals surface area contributed by atoms with Crippen molar-refractivity contribution in [3.05, 3.63) is 53.3 Å². The fraction of sp³-hybridized carbons (Fsp3) is 0.455. The highest BCUT2D eigenvalue weighted by Gasteiger charge is 2.22. The topological polar surface area (TPSA) is 85.8 Å². The lowest BCUT2D eigenvalue weighted by Gasteiger charge is -2.34. The Kier molecular flexibility index (Phi) is 11.5. The van der Waals surface area contributed by atoms with E-state index in [0.717, 1.165) is 49.5 Å². The number of carbonyl (C=O) groups excluding carboxylic acids is 1. The lowest BCUT2D eigenvalue weighted by atomic mass is 10.1. The zero-order valence-corrected chi connectivity index (χ0v) is 21.4. The van der Waals surface area contributed by atoms with Crippen LogP contribution in [0.2, 0.25) is 5.02 Å². The first-order valence-corrected chi connectivity index (χ1v) is 11.1. The number of aromatic nitrogens is 2. The van der Waals surface area contributed by atoms with Crippen LogP contribution < -0.4 is 15.5 Å². The van der Waals surface area contributed by atoms with E-state index < -0.39 is 0 Å². The molecule has 2 aromatic rings. The summed E-state index contributed by atoms with van der Waals surface area (Å²) < 4.78 is 0. The number of aliphatic imine (C=N–C) groups is 1. The van der Waals surface area contributed by atoms with Crippen molar-refractivity contribution in [1.82, 2.24) is 25.5 Å². The van der Waals surface area contributed by atoms with Crippen molar-refractivity contribution in [2.24, 2.45) is 4.99 Å². The maximum Gasteiger partial charge on any atom is 0.225 e. The molecule has 1 aliphatic rings. The predicted molar refractivity (Wildman–Crippen MR) is 140 cm³/mol. The van der Waals surface area contributed by atoms with Crippen molar-refractivity contribution in [3.8, 4) is 0 Å². The van der Waals surface area contributed by atoms with E-state index >= 15 is 0 Å². The molecule has 3 rings (SSSR count). The fourth-order valence-corrected chi connectivity index (χ4v) is 3.48. The Hall–Kier alpha value is -2.14. The normalized spacial score (nSPS) is 14.0. The van der Waals surface area contributed by atoms with Gasteiger partial charge in [0.25, 0.3) is 0 Å². The molecule has 1 aromatic heterocycles. The fourth-order valence-electron chi connectivity index (χ4n) is 3.35. The van der Waals surface area contributed by atoms with Crippen LogP contribution in [0.4, 0.5) is 5.95 Å². The molecule has 8 nitrogen and oxygen atoms in total. The number of nitrogens with one attached hydrogen (secondary N) is 2. The van der Waals surface area contributed by atoms with Crippen LogP contribution in [-0.4, -0.2) is 72.5 Å². The molecule has 1 amide bonds. The van der Waals surface area contributed by atoms with Crippen LogP contribution in [0.5, 0.6) is 0 Å². The number of amides is 1. The number of carbonyl (C=O) groups is 1. The minimum atomic E-state index is 0. The van der Waals surface area contributed by atoms with Gasteiger partial charge in [-0.05, 0) is 37.1 Å². The summed E-state index contributed by atoms with van der Waals surface area (Å²) >= 11 is 5.93. The van der Waals surface area contributed by atoms with E-state index in [1.165, 1.54) is 5.56 Å². The Labute approximate surface area is 211 Å². The van der Waals surface area contributed by atoms with Crippen molar-refractivity contribution in [3.63, 3.8) is 0 Å². The van der Waals surface area contributed by atoms with Gasteiger partial charge in [0.15, 0.2) is 5.96 Å². The molecule has 0 radical (unpaired) electrons. The monoisotopic (exact) mass is 571 g/mol. The number of hydrogen-bond acceptors (Lipinski definition) is 5. The summed E-state index contributed by atoms with van der Waals surface area (Å²) in [4.78, 5) is 29.7. The minimum absolute atomic E-state index is 0. The van der Waals surface area contributed by atoms with Gasteiger partial charge < -0.3 is 20.4 Å². The van der Waals surface area contributed by atoms with Gasteiger partial charge in [-0.1, -0.05) is 23.7 Å². The van der Waals surface area contributed by atoms with Crippen molar-refractivity contribution in [1.29, 1.82) is 0 Å². The molecule has 0 saturated carbocycles. The second-order valence-electron chi connectivity index (χ2n) is 7.23. The Morgan fingerprint density at radius 1 is 1.09 bits per heavy atom. The van der Waals surface area contributed by atoms with Crippen molar-refractivity contribution >= 4 is 53.4 Å². The second-order valence-corrected chi connectivity index (χ2v) is 7.67. The Balaban J connectivity index is 0.00000363. The van der Waals surface area contributed by atoms with Gasteiger partial charge in [-0.25, -0.2) is 9.97 Å². The third kappa shape index (κ3) is 8.42. The maximum atomic E-state index is 12.6. The standard InChI is InChI=1S/C22H30ClN7O.HI/c1-2-24-21(25-12-8-18-4-6-19(23)7-5-18)26-13-9-20(31)29-14-16-30(17-15-29)22-27-10-3-11-28-22;/h3-7,10-11H,2,8-9,12-17H2,1H3,(H2,24,25,26);1H. The summed E-state index contributed by atoms with van der Waals surface area (Å²) in [5.41, 5.74) is 1.21. The molecule has 1 fully saturated rings. The average Bonchev–Trinajstić information content (AvgIpc) is 2.81. The summed E-state index contributed by atoms with van der Waals surface area (Å²) in [6.45, 7) is 6.85. The number of piperazine rings is 1. The van der Waals surface area contributed by atoms with E-state index in [0.29, 0.717) is 26.1 Å². The highest BCUT2D eigenvalue weighted by Crippen LogP contribution is 2.11. The third-order valence-corrected chi connectivity index (χ3v) is 5.28. The molecule has 2 heterocycles. The summed E-state index contributed by atoms with van der Waals surface area (Å²) in [5, 5.41) is 7.29. The van der Waals surface area contributed by atoms with Crippen LogP contribution in [0.25, 0.3) is 0 Å². The molecule has 0 spiro atoms. The number of halogens is 2. The summed E-state index contributed by atoms with van der Waals surface area (Å²) in [6.07, 6.45) is 4.75. The van der Waals surface area contributed by atoms with E-state index in [2.05, 4.69) is 30.5 Å². The highest BCUT2D eigenvalue weighted by atomic mass is 127. The average molecular weight is 572 g/mol. The Morgan fingerprint density at radius 3 is 2.44 bits per heavy atom. The van der Waals surface area contributed by atoms with E-state index in [-0.39, 0.29) is 29.9 Å². The van der Waals surface area contributed by atoms with E-state index in [9.17, 15) is 4.79 Å². The lowest BCUT2D eigenvalue weighted by Crippen LogP contribution is -2.49. The Bertz CT molecular complexity index is 843. The molecular weight excluding hydrogens is 541 g/mol.